The summed E-state index contributed by atoms with van der Waals surface area (Å²) in [4.78, 5) is 27.6. The molecule has 0 amide bonds. The van der Waals surface area contributed by atoms with Gasteiger partial charge < -0.3 is 19.5 Å². The second kappa shape index (κ2) is 9.98. The monoisotopic (exact) mass is 519 g/mol. The maximum atomic E-state index is 13.3. The lowest BCUT2D eigenvalue weighted by Gasteiger charge is -2.40. The molecule has 1 aliphatic heterocycles. The fourth-order valence-electron chi connectivity index (χ4n) is 4.16. The minimum atomic E-state index is -3.72. The van der Waals surface area contributed by atoms with Crippen molar-refractivity contribution in [3.05, 3.63) is 80.7 Å². The number of benzene rings is 2. The molecule has 11 heteroatoms. The number of carbonyl (C=O) groups excluding carboxylic acids is 1. The van der Waals surface area contributed by atoms with E-state index in [9.17, 15) is 18.0 Å². The zero-order valence-corrected chi connectivity index (χ0v) is 21.1. The number of ether oxygens (including phenoxy) is 2. The van der Waals surface area contributed by atoms with E-state index in [2.05, 4.69) is 5.10 Å². The maximum absolute atomic E-state index is 13.3. The summed E-state index contributed by atoms with van der Waals surface area (Å²) in [6, 6.07) is 12.2. The summed E-state index contributed by atoms with van der Waals surface area (Å²) < 4.78 is 38.2. The molecule has 1 aromatic heterocycles. The highest BCUT2D eigenvalue weighted by atomic mass is 35.5. The van der Waals surface area contributed by atoms with Crippen molar-refractivity contribution in [2.45, 2.75) is 30.8 Å². The standard InChI is InChI=1S/C24H26ClN3O6S/c1-4-28-24(30)17(12-26-28)23(29)16-10-11-19(35(3,31)32)22(21(16)25)27-13-18(34-20(14-27)33-2)15-8-6-5-7-9-15/h5-12,18,20,26H,4,13-14H2,1-3H3/t18-,20-/m1/s1. The Labute approximate surface area is 208 Å². The lowest BCUT2D eigenvalue weighted by molar-refractivity contribution is -0.164. The van der Waals surface area contributed by atoms with Crippen molar-refractivity contribution in [3.8, 4) is 0 Å². The summed E-state index contributed by atoms with van der Waals surface area (Å²) in [6.45, 7) is 2.60. The van der Waals surface area contributed by atoms with Crippen LogP contribution >= 0.6 is 11.6 Å². The van der Waals surface area contributed by atoms with E-state index < -0.39 is 33.6 Å². The average Bonchev–Trinajstić information content (AvgIpc) is 3.23. The number of anilines is 1. The summed E-state index contributed by atoms with van der Waals surface area (Å²) in [5, 5.41) is 2.69. The van der Waals surface area contributed by atoms with Crippen molar-refractivity contribution < 1.29 is 22.7 Å². The number of hydrogen-bond donors (Lipinski definition) is 1. The van der Waals surface area contributed by atoms with E-state index in [1.165, 1.54) is 30.1 Å². The van der Waals surface area contributed by atoms with Gasteiger partial charge in [0.05, 0.1) is 22.2 Å². The van der Waals surface area contributed by atoms with Crippen molar-refractivity contribution in [2.24, 2.45) is 0 Å². The Morgan fingerprint density at radius 2 is 1.89 bits per heavy atom. The molecule has 1 aliphatic rings. The fraction of sp³-hybridized carbons (Fsp3) is 0.333. The van der Waals surface area contributed by atoms with Crippen LogP contribution in [-0.4, -0.2) is 56.7 Å². The lowest BCUT2D eigenvalue weighted by atomic mass is 10.0. The van der Waals surface area contributed by atoms with Crippen molar-refractivity contribution >= 4 is 32.9 Å². The SMILES string of the molecule is CCn1[nH]cc(C(=O)c2ccc(S(C)(=O)=O)c(N3C[C@H](OC)O[C@@H](c4ccccc4)C3)c2Cl)c1=O. The smallest absolute Gasteiger partial charge is 0.277 e. The van der Waals surface area contributed by atoms with E-state index in [0.29, 0.717) is 6.54 Å². The maximum Gasteiger partial charge on any atom is 0.277 e. The number of rotatable bonds is 7. The minimum Gasteiger partial charge on any atom is -0.361 e. The van der Waals surface area contributed by atoms with Gasteiger partial charge in [-0.1, -0.05) is 41.9 Å². The summed E-state index contributed by atoms with van der Waals surface area (Å²) in [5.41, 5.74) is 0.543. The van der Waals surface area contributed by atoms with Crippen LogP contribution in [0.15, 0.2) is 58.4 Å². The molecule has 1 fully saturated rings. The molecular weight excluding hydrogens is 494 g/mol. The normalized spacial score (nSPS) is 18.6. The molecule has 3 aromatic rings. The van der Waals surface area contributed by atoms with Gasteiger partial charge in [0.15, 0.2) is 16.1 Å². The number of aromatic amines is 1. The Morgan fingerprint density at radius 1 is 1.17 bits per heavy atom. The number of carbonyl (C=O) groups is 1. The zero-order chi connectivity index (χ0) is 25.3. The molecule has 4 rings (SSSR count). The molecule has 9 nitrogen and oxygen atoms in total. The highest BCUT2D eigenvalue weighted by Crippen LogP contribution is 2.40. The summed E-state index contributed by atoms with van der Waals surface area (Å²) in [5.74, 6) is -0.596. The predicted octanol–water partition coefficient (Wildman–Crippen LogP) is 3.03. The quantitative estimate of drug-likeness (QED) is 0.478. The number of nitrogens with one attached hydrogen (secondary N) is 1. The van der Waals surface area contributed by atoms with Crippen molar-refractivity contribution in [2.75, 3.05) is 31.4 Å². The Balaban J connectivity index is 1.83. The predicted molar refractivity (Wildman–Crippen MR) is 132 cm³/mol. The van der Waals surface area contributed by atoms with E-state index in [4.69, 9.17) is 21.1 Å². The lowest BCUT2D eigenvalue weighted by Crippen LogP contribution is -2.45. The van der Waals surface area contributed by atoms with Gasteiger partial charge in [-0.05, 0) is 24.6 Å². The molecule has 2 atom stereocenters. The van der Waals surface area contributed by atoms with Crippen LogP contribution in [0.4, 0.5) is 5.69 Å². The number of H-pyrrole nitrogens is 1. The number of hydrogen-bond acceptors (Lipinski definition) is 7. The fourth-order valence-corrected chi connectivity index (χ4v) is 5.48. The number of aryl methyl sites for hydroxylation is 1. The van der Waals surface area contributed by atoms with Crippen LogP contribution in [0.25, 0.3) is 0 Å². The van der Waals surface area contributed by atoms with Crippen LogP contribution in [0.2, 0.25) is 5.02 Å². The van der Waals surface area contributed by atoms with E-state index in [1.807, 2.05) is 30.3 Å². The number of methoxy groups -OCH3 is 1. The van der Waals surface area contributed by atoms with Crippen molar-refractivity contribution in [1.29, 1.82) is 0 Å². The number of morpholine rings is 1. The van der Waals surface area contributed by atoms with E-state index in [1.54, 1.807) is 11.8 Å². The molecule has 0 aliphatic carbocycles. The van der Waals surface area contributed by atoms with Crippen molar-refractivity contribution in [3.63, 3.8) is 0 Å². The van der Waals surface area contributed by atoms with Crippen LogP contribution in [0, 0.1) is 0 Å². The Bertz CT molecular complexity index is 1400. The third-order valence-electron chi connectivity index (χ3n) is 5.95. The summed E-state index contributed by atoms with van der Waals surface area (Å²) in [6.07, 6.45) is 1.31. The molecule has 186 valence electrons. The molecule has 2 heterocycles. The molecule has 0 radical (unpaired) electrons. The van der Waals surface area contributed by atoms with E-state index in [0.717, 1.165) is 11.8 Å². The third kappa shape index (κ3) is 4.92. The first-order chi connectivity index (χ1) is 16.7. The van der Waals surface area contributed by atoms with Crippen LogP contribution < -0.4 is 10.5 Å². The second-order valence-electron chi connectivity index (χ2n) is 8.22. The van der Waals surface area contributed by atoms with Gasteiger partial charge in [-0.15, -0.1) is 0 Å². The molecule has 0 bridgehead atoms. The highest BCUT2D eigenvalue weighted by Gasteiger charge is 2.34. The van der Waals surface area contributed by atoms with Gasteiger partial charge in [0.25, 0.3) is 5.56 Å². The van der Waals surface area contributed by atoms with Crippen LogP contribution in [0.1, 0.15) is 34.5 Å². The average molecular weight is 520 g/mol. The number of aromatic nitrogens is 2. The highest BCUT2D eigenvalue weighted by molar-refractivity contribution is 7.90. The van der Waals surface area contributed by atoms with Gasteiger partial charge in [-0.25, -0.2) is 8.42 Å². The molecule has 0 spiro atoms. The molecule has 1 N–H and O–H groups in total. The Hall–Kier alpha value is -2.92. The van der Waals surface area contributed by atoms with Crippen LogP contribution in [0.3, 0.4) is 0 Å². The topological polar surface area (TPSA) is 111 Å². The Morgan fingerprint density at radius 3 is 2.49 bits per heavy atom. The van der Waals surface area contributed by atoms with Gasteiger partial charge in [0.2, 0.25) is 5.78 Å². The Kier molecular flexibility index (Phi) is 7.18. The zero-order valence-electron chi connectivity index (χ0n) is 19.5. The number of nitrogens with zero attached hydrogens (tertiary/aromatic N) is 2. The third-order valence-corrected chi connectivity index (χ3v) is 7.46. The molecular formula is C24H26ClN3O6S. The largest absolute Gasteiger partial charge is 0.361 e. The van der Waals surface area contributed by atoms with Gasteiger partial charge >= 0.3 is 0 Å². The molecule has 35 heavy (non-hydrogen) atoms. The van der Waals surface area contributed by atoms with Gasteiger partial charge in [-0.2, -0.15) is 0 Å². The summed E-state index contributed by atoms with van der Waals surface area (Å²) >= 11 is 6.75. The van der Waals surface area contributed by atoms with Crippen molar-refractivity contribution in [1.82, 2.24) is 9.78 Å². The molecule has 1 saturated heterocycles. The number of ketones is 1. The number of halogens is 1. The first-order valence-corrected chi connectivity index (χ1v) is 13.3. The second-order valence-corrected chi connectivity index (χ2v) is 10.6. The molecule has 0 saturated carbocycles. The molecule has 0 unspecified atom stereocenters. The summed E-state index contributed by atoms with van der Waals surface area (Å²) in [7, 11) is -2.22. The number of sulfone groups is 1. The molecule has 2 aromatic carbocycles. The van der Waals surface area contributed by atoms with E-state index in [-0.39, 0.29) is 39.8 Å². The van der Waals surface area contributed by atoms with Gasteiger partial charge in [0.1, 0.15) is 11.7 Å². The first-order valence-electron chi connectivity index (χ1n) is 11.0. The van der Waals surface area contributed by atoms with Gasteiger partial charge in [-0.3, -0.25) is 14.3 Å². The van der Waals surface area contributed by atoms with Gasteiger partial charge in [0, 0.05) is 38.2 Å². The minimum absolute atomic E-state index is 0.0253. The van der Waals surface area contributed by atoms with Crippen LogP contribution in [-0.2, 0) is 25.9 Å². The first kappa shape index (κ1) is 25.2. The van der Waals surface area contributed by atoms with E-state index >= 15 is 0 Å². The van der Waals surface area contributed by atoms with Crippen LogP contribution in [0.5, 0.6) is 0 Å².